The first-order valence-corrected chi connectivity index (χ1v) is 10.2. The van der Waals surface area contributed by atoms with E-state index in [9.17, 15) is 9.18 Å². The number of rotatable bonds is 5. The Hall–Kier alpha value is -2.06. The molecular formula is C20H19ClFN3O2S. The summed E-state index contributed by atoms with van der Waals surface area (Å²) >= 11 is 7.67. The number of aromatic nitrogens is 1. The maximum absolute atomic E-state index is 13.7. The lowest BCUT2D eigenvalue weighted by Gasteiger charge is -2.29. The lowest BCUT2D eigenvalue weighted by Crippen LogP contribution is -2.43. The summed E-state index contributed by atoms with van der Waals surface area (Å²) in [4.78, 5) is 21.6. The number of fused-ring (bicyclic) bond motifs is 1. The van der Waals surface area contributed by atoms with Gasteiger partial charge in [-0.25, -0.2) is 9.37 Å². The van der Waals surface area contributed by atoms with Crippen molar-refractivity contribution in [3.05, 3.63) is 58.9 Å². The normalized spacial score (nSPS) is 15.1. The fourth-order valence-electron chi connectivity index (χ4n) is 3.15. The zero-order valence-electron chi connectivity index (χ0n) is 15.1. The molecule has 0 N–H and O–H groups in total. The maximum Gasteiger partial charge on any atom is 0.260 e. The van der Waals surface area contributed by atoms with Crippen LogP contribution in [0.3, 0.4) is 0 Å². The molecule has 2 heterocycles. The maximum atomic E-state index is 13.7. The van der Waals surface area contributed by atoms with Gasteiger partial charge in [0.05, 0.1) is 22.9 Å². The second-order valence-corrected chi connectivity index (χ2v) is 7.92. The van der Waals surface area contributed by atoms with Gasteiger partial charge in [0.2, 0.25) is 0 Å². The first-order valence-electron chi connectivity index (χ1n) is 9.04. The molecule has 1 aliphatic heterocycles. The van der Waals surface area contributed by atoms with E-state index in [0.29, 0.717) is 47.5 Å². The molecule has 0 atom stereocenters. The third-order valence-corrected chi connectivity index (χ3v) is 6.00. The van der Waals surface area contributed by atoms with Crippen LogP contribution in [0.1, 0.15) is 10.4 Å². The average Bonchev–Trinajstić information content (AvgIpc) is 3.14. The Balaban J connectivity index is 1.65. The zero-order valence-corrected chi connectivity index (χ0v) is 16.7. The summed E-state index contributed by atoms with van der Waals surface area (Å²) < 4.78 is 20.0. The van der Waals surface area contributed by atoms with Crippen LogP contribution in [0.5, 0.6) is 0 Å². The minimum absolute atomic E-state index is 0.275. The largest absolute Gasteiger partial charge is 0.379 e. The number of halogens is 2. The molecule has 0 radical (unpaired) electrons. The Morgan fingerprint density at radius 2 is 2.04 bits per heavy atom. The van der Waals surface area contributed by atoms with Gasteiger partial charge in [0, 0.05) is 31.7 Å². The summed E-state index contributed by atoms with van der Waals surface area (Å²) in [6.07, 6.45) is 0. The van der Waals surface area contributed by atoms with Crippen LogP contribution in [0.15, 0.2) is 42.5 Å². The Bertz CT molecular complexity index is 990. The number of benzene rings is 2. The molecule has 0 saturated carbocycles. The van der Waals surface area contributed by atoms with Crippen molar-refractivity contribution in [3.63, 3.8) is 0 Å². The number of ether oxygens (including phenoxy) is 1. The molecule has 0 bridgehead atoms. The van der Waals surface area contributed by atoms with E-state index >= 15 is 0 Å². The molecule has 1 aliphatic rings. The van der Waals surface area contributed by atoms with E-state index in [1.54, 1.807) is 17.0 Å². The van der Waals surface area contributed by atoms with Gasteiger partial charge in [-0.2, -0.15) is 0 Å². The molecule has 146 valence electrons. The van der Waals surface area contributed by atoms with Gasteiger partial charge in [-0.3, -0.25) is 14.6 Å². The van der Waals surface area contributed by atoms with E-state index in [-0.39, 0.29) is 5.91 Å². The number of amides is 1. The SMILES string of the molecule is O=C(c1cccc(F)c1)N(CCN1CCOCC1)c1nc2c(Cl)cccc2s1. The summed E-state index contributed by atoms with van der Waals surface area (Å²) in [6.45, 7) is 4.17. The predicted octanol–water partition coefficient (Wildman–Crippen LogP) is 4.07. The molecule has 3 aromatic rings. The van der Waals surface area contributed by atoms with Crippen LogP contribution in [0.2, 0.25) is 5.02 Å². The van der Waals surface area contributed by atoms with E-state index in [0.717, 1.165) is 17.8 Å². The summed E-state index contributed by atoms with van der Waals surface area (Å²) in [5.74, 6) is -0.714. The summed E-state index contributed by atoms with van der Waals surface area (Å²) in [7, 11) is 0. The van der Waals surface area contributed by atoms with Crippen LogP contribution < -0.4 is 4.90 Å². The molecule has 28 heavy (non-hydrogen) atoms. The molecule has 5 nitrogen and oxygen atoms in total. The van der Waals surface area contributed by atoms with E-state index in [4.69, 9.17) is 16.3 Å². The average molecular weight is 420 g/mol. The molecule has 1 amide bonds. The number of carbonyl (C=O) groups excluding carboxylic acids is 1. The topological polar surface area (TPSA) is 45.7 Å². The van der Waals surface area contributed by atoms with Crippen LogP contribution in [-0.2, 0) is 4.74 Å². The van der Waals surface area contributed by atoms with E-state index < -0.39 is 5.82 Å². The van der Waals surface area contributed by atoms with Crippen molar-refractivity contribution in [3.8, 4) is 0 Å². The van der Waals surface area contributed by atoms with E-state index in [1.165, 1.54) is 29.5 Å². The standard InChI is InChI=1S/C20H19ClFN3O2S/c21-16-5-2-6-17-18(16)23-20(28-17)25(8-7-24-9-11-27-12-10-24)19(26)14-3-1-4-15(22)13-14/h1-6,13H,7-12H2. The Morgan fingerprint density at radius 1 is 1.25 bits per heavy atom. The van der Waals surface area contributed by atoms with Crippen molar-refractivity contribution in [2.45, 2.75) is 0 Å². The monoisotopic (exact) mass is 419 g/mol. The summed E-state index contributed by atoms with van der Waals surface area (Å²) in [5.41, 5.74) is 0.972. The number of morpholine rings is 1. The highest BCUT2D eigenvalue weighted by atomic mass is 35.5. The van der Waals surface area contributed by atoms with Crippen molar-refractivity contribution in [1.29, 1.82) is 0 Å². The van der Waals surface area contributed by atoms with Gasteiger partial charge >= 0.3 is 0 Å². The molecular weight excluding hydrogens is 401 g/mol. The quantitative estimate of drug-likeness (QED) is 0.625. The van der Waals surface area contributed by atoms with Crippen molar-refractivity contribution in [2.24, 2.45) is 0 Å². The van der Waals surface area contributed by atoms with Gasteiger partial charge in [-0.05, 0) is 30.3 Å². The van der Waals surface area contributed by atoms with Crippen molar-refractivity contribution in [1.82, 2.24) is 9.88 Å². The third kappa shape index (κ3) is 4.17. The smallest absolute Gasteiger partial charge is 0.260 e. The van der Waals surface area contributed by atoms with Gasteiger partial charge < -0.3 is 4.74 Å². The van der Waals surface area contributed by atoms with Gasteiger partial charge in [0.15, 0.2) is 5.13 Å². The Labute approximate surface area is 171 Å². The highest BCUT2D eigenvalue weighted by Gasteiger charge is 2.23. The summed E-state index contributed by atoms with van der Waals surface area (Å²) in [5, 5.41) is 1.11. The number of hydrogen-bond acceptors (Lipinski definition) is 5. The number of nitrogens with zero attached hydrogens (tertiary/aromatic N) is 3. The van der Waals surface area contributed by atoms with Crippen molar-refractivity contribution < 1.29 is 13.9 Å². The third-order valence-electron chi connectivity index (χ3n) is 4.65. The number of hydrogen-bond donors (Lipinski definition) is 0. The Kier molecular flexibility index (Phi) is 5.87. The lowest BCUT2D eigenvalue weighted by molar-refractivity contribution is 0.0391. The lowest BCUT2D eigenvalue weighted by atomic mass is 10.2. The van der Waals surface area contributed by atoms with Crippen molar-refractivity contribution >= 4 is 44.2 Å². The van der Waals surface area contributed by atoms with Crippen LogP contribution >= 0.6 is 22.9 Å². The van der Waals surface area contributed by atoms with E-state index in [2.05, 4.69) is 9.88 Å². The van der Waals surface area contributed by atoms with Crippen LogP contribution in [0, 0.1) is 5.82 Å². The fourth-order valence-corrected chi connectivity index (χ4v) is 4.44. The van der Waals surface area contributed by atoms with Crippen LogP contribution in [0.4, 0.5) is 9.52 Å². The van der Waals surface area contributed by atoms with Gasteiger partial charge in [-0.1, -0.05) is 35.1 Å². The van der Waals surface area contributed by atoms with Crippen LogP contribution in [-0.4, -0.2) is 55.2 Å². The molecule has 8 heteroatoms. The fraction of sp³-hybridized carbons (Fsp3) is 0.300. The highest BCUT2D eigenvalue weighted by Crippen LogP contribution is 2.33. The van der Waals surface area contributed by atoms with Gasteiger partial charge in [-0.15, -0.1) is 0 Å². The number of para-hydroxylation sites is 1. The van der Waals surface area contributed by atoms with Gasteiger partial charge in [0.25, 0.3) is 5.91 Å². The Morgan fingerprint density at radius 3 is 2.79 bits per heavy atom. The second-order valence-electron chi connectivity index (χ2n) is 6.50. The molecule has 2 aromatic carbocycles. The van der Waals surface area contributed by atoms with Crippen molar-refractivity contribution in [2.75, 3.05) is 44.3 Å². The van der Waals surface area contributed by atoms with E-state index in [1.807, 2.05) is 12.1 Å². The molecule has 0 aliphatic carbocycles. The minimum Gasteiger partial charge on any atom is -0.379 e. The first-order chi connectivity index (χ1) is 13.6. The number of carbonyl (C=O) groups is 1. The highest BCUT2D eigenvalue weighted by molar-refractivity contribution is 7.22. The minimum atomic E-state index is -0.439. The first kappa shape index (κ1) is 19.3. The number of anilines is 1. The molecule has 0 spiro atoms. The number of thiazole rings is 1. The molecule has 1 fully saturated rings. The van der Waals surface area contributed by atoms with Gasteiger partial charge in [0.1, 0.15) is 11.3 Å². The molecule has 4 rings (SSSR count). The molecule has 1 aromatic heterocycles. The molecule has 1 saturated heterocycles. The summed E-state index contributed by atoms with van der Waals surface area (Å²) in [6, 6.07) is 11.3. The zero-order chi connectivity index (χ0) is 19.5. The molecule has 0 unspecified atom stereocenters. The predicted molar refractivity (Wildman–Crippen MR) is 110 cm³/mol. The second kappa shape index (κ2) is 8.53. The van der Waals surface area contributed by atoms with Crippen LogP contribution in [0.25, 0.3) is 10.2 Å².